The van der Waals surface area contributed by atoms with Crippen LogP contribution in [0.3, 0.4) is 0 Å². The van der Waals surface area contributed by atoms with Gasteiger partial charge < -0.3 is 11.1 Å². The topological polar surface area (TPSA) is 118 Å². The van der Waals surface area contributed by atoms with Gasteiger partial charge in [0, 0.05) is 11.3 Å². The van der Waals surface area contributed by atoms with Gasteiger partial charge in [-0.05, 0) is 48.2 Å². The molecule has 0 spiro atoms. The quantitative estimate of drug-likeness (QED) is 0.639. The Labute approximate surface area is 159 Å². The second kappa shape index (κ2) is 8.68. The number of nitrogens with two attached hydrogens (primary N) is 1. The highest BCUT2D eigenvalue weighted by molar-refractivity contribution is 7.92. The average Bonchev–Trinajstić information content (AvgIpc) is 2.59. The Morgan fingerprint density at radius 3 is 2.33 bits per heavy atom. The molecule has 2 aromatic rings. The fourth-order valence-electron chi connectivity index (χ4n) is 2.48. The first kappa shape index (κ1) is 20.4. The van der Waals surface area contributed by atoms with Gasteiger partial charge in [0.25, 0.3) is 15.9 Å². The van der Waals surface area contributed by atoms with E-state index in [4.69, 9.17) is 5.73 Å². The number of carbonyl (C=O) groups is 2. The molecular weight excluding hydrogens is 366 g/mol. The molecule has 2 rings (SSSR count). The SMILES string of the molecule is CC(C)Cc1ccc(S(=O)(=O)Nc2cccc(C(=O)NCC(N)=O)c2)cc1. The number of rotatable bonds is 8. The molecule has 0 saturated heterocycles. The number of hydrogen-bond acceptors (Lipinski definition) is 4. The lowest BCUT2D eigenvalue weighted by Crippen LogP contribution is -2.33. The van der Waals surface area contributed by atoms with Gasteiger partial charge in [-0.25, -0.2) is 8.42 Å². The number of benzene rings is 2. The van der Waals surface area contributed by atoms with Crippen LogP contribution in [0.4, 0.5) is 5.69 Å². The van der Waals surface area contributed by atoms with Crippen molar-refractivity contribution in [2.45, 2.75) is 25.2 Å². The molecule has 0 saturated carbocycles. The average molecular weight is 389 g/mol. The molecule has 0 aliphatic carbocycles. The maximum atomic E-state index is 12.6. The lowest BCUT2D eigenvalue weighted by atomic mass is 10.0. The van der Waals surface area contributed by atoms with Crippen LogP contribution in [0, 0.1) is 5.92 Å². The maximum absolute atomic E-state index is 12.6. The predicted octanol–water partition coefficient (Wildman–Crippen LogP) is 1.90. The number of nitrogens with one attached hydrogen (secondary N) is 2. The van der Waals surface area contributed by atoms with Crippen LogP contribution in [0.1, 0.15) is 29.8 Å². The minimum absolute atomic E-state index is 0.138. The Balaban J connectivity index is 2.14. The van der Waals surface area contributed by atoms with Crippen LogP contribution in [-0.4, -0.2) is 26.8 Å². The van der Waals surface area contributed by atoms with E-state index < -0.39 is 21.8 Å². The van der Waals surface area contributed by atoms with Gasteiger partial charge in [-0.3, -0.25) is 14.3 Å². The summed E-state index contributed by atoms with van der Waals surface area (Å²) in [5.41, 5.74) is 6.51. The third-order valence-electron chi connectivity index (χ3n) is 3.68. The fraction of sp³-hybridized carbons (Fsp3) is 0.263. The number of sulfonamides is 1. The van der Waals surface area contributed by atoms with Crippen molar-refractivity contribution in [1.29, 1.82) is 0 Å². The van der Waals surface area contributed by atoms with Gasteiger partial charge in [-0.1, -0.05) is 32.0 Å². The lowest BCUT2D eigenvalue weighted by Gasteiger charge is -2.11. The summed E-state index contributed by atoms with van der Waals surface area (Å²) in [7, 11) is -3.78. The summed E-state index contributed by atoms with van der Waals surface area (Å²) in [5.74, 6) is -0.706. The molecule has 2 aromatic carbocycles. The molecule has 0 unspecified atom stereocenters. The number of hydrogen-bond donors (Lipinski definition) is 3. The van der Waals surface area contributed by atoms with E-state index in [2.05, 4.69) is 23.9 Å². The molecule has 0 bridgehead atoms. The van der Waals surface area contributed by atoms with Crippen molar-refractivity contribution in [3.05, 3.63) is 59.7 Å². The summed E-state index contributed by atoms with van der Waals surface area (Å²) >= 11 is 0. The van der Waals surface area contributed by atoms with Gasteiger partial charge in [0.1, 0.15) is 0 Å². The Bertz CT molecular complexity index is 922. The van der Waals surface area contributed by atoms with Crippen molar-refractivity contribution in [2.24, 2.45) is 11.7 Å². The first-order valence-electron chi connectivity index (χ1n) is 8.45. The van der Waals surface area contributed by atoms with Crippen LogP contribution in [0.5, 0.6) is 0 Å². The fourth-order valence-corrected chi connectivity index (χ4v) is 3.53. The Hall–Kier alpha value is -2.87. The summed E-state index contributed by atoms with van der Waals surface area (Å²) in [6.45, 7) is 3.90. The minimum Gasteiger partial charge on any atom is -0.368 e. The van der Waals surface area contributed by atoms with Crippen LogP contribution >= 0.6 is 0 Å². The Morgan fingerprint density at radius 2 is 1.74 bits per heavy atom. The standard InChI is InChI=1S/C19H23N3O4S/c1-13(2)10-14-6-8-17(9-7-14)27(25,26)22-16-5-3-4-15(11-16)19(24)21-12-18(20)23/h3-9,11,13,22H,10,12H2,1-2H3,(H2,20,23)(H,21,24). The van der Waals surface area contributed by atoms with E-state index in [1.165, 1.54) is 18.2 Å². The first-order valence-corrected chi connectivity index (χ1v) is 9.94. The summed E-state index contributed by atoms with van der Waals surface area (Å²) in [6, 6.07) is 12.7. The van der Waals surface area contributed by atoms with E-state index in [9.17, 15) is 18.0 Å². The van der Waals surface area contributed by atoms with Crippen LogP contribution in [-0.2, 0) is 21.2 Å². The van der Waals surface area contributed by atoms with Gasteiger partial charge in [0.2, 0.25) is 5.91 Å². The molecule has 0 aliphatic heterocycles. The predicted molar refractivity (Wildman–Crippen MR) is 104 cm³/mol. The Kier molecular flexibility index (Phi) is 6.57. The molecule has 0 fully saturated rings. The van der Waals surface area contributed by atoms with Gasteiger partial charge in [0.05, 0.1) is 11.4 Å². The van der Waals surface area contributed by atoms with Crippen molar-refractivity contribution >= 4 is 27.5 Å². The zero-order chi connectivity index (χ0) is 20.0. The number of primary amides is 1. The van der Waals surface area contributed by atoms with Crippen molar-refractivity contribution in [3.8, 4) is 0 Å². The van der Waals surface area contributed by atoms with Gasteiger partial charge >= 0.3 is 0 Å². The van der Waals surface area contributed by atoms with Crippen LogP contribution in [0.15, 0.2) is 53.4 Å². The monoisotopic (exact) mass is 389 g/mol. The molecule has 7 nitrogen and oxygen atoms in total. The van der Waals surface area contributed by atoms with Crippen LogP contribution in [0.2, 0.25) is 0 Å². The maximum Gasteiger partial charge on any atom is 0.261 e. The highest BCUT2D eigenvalue weighted by atomic mass is 32.2. The highest BCUT2D eigenvalue weighted by Gasteiger charge is 2.15. The molecule has 0 radical (unpaired) electrons. The van der Waals surface area contributed by atoms with Crippen LogP contribution < -0.4 is 15.8 Å². The van der Waals surface area contributed by atoms with E-state index in [1.807, 2.05) is 0 Å². The second-order valence-electron chi connectivity index (χ2n) is 6.58. The molecule has 8 heteroatoms. The van der Waals surface area contributed by atoms with E-state index in [-0.39, 0.29) is 22.7 Å². The van der Waals surface area contributed by atoms with Crippen molar-refractivity contribution in [3.63, 3.8) is 0 Å². The van der Waals surface area contributed by atoms with E-state index in [0.29, 0.717) is 5.92 Å². The van der Waals surface area contributed by atoms with Crippen molar-refractivity contribution < 1.29 is 18.0 Å². The normalized spacial score (nSPS) is 11.2. The van der Waals surface area contributed by atoms with Gasteiger partial charge in [0.15, 0.2) is 0 Å². The molecule has 0 aliphatic rings. The van der Waals surface area contributed by atoms with E-state index >= 15 is 0 Å². The summed E-state index contributed by atoms with van der Waals surface area (Å²) in [5, 5.41) is 2.35. The third kappa shape index (κ3) is 6.10. The third-order valence-corrected chi connectivity index (χ3v) is 5.07. The van der Waals surface area contributed by atoms with Crippen molar-refractivity contribution in [2.75, 3.05) is 11.3 Å². The molecular formula is C19H23N3O4S. The van der Waals surface area contributed by atoms with Crippen molar-refractivity contribution in [1.82, 2.24) is 5.32 Å². The highest BCUT2D eigenvalue weighted by Crippen LogP contribution is 2.19. The molecule has 2 amide bonds. The zero-order valence-corrected chi connectivity index (χ0v) is 16.0. The summed E-state index contributed by atoms with van der Waals surface area (Å²) in [4.78, 5) is 22.8. The molecule has 27 heavy (non-hydrogen) atoms. The van der Waals surface area contributed by atoms with Crippen LogP contribution in [0.25, 0.3) is 0 Å². The zero-order valence-electron chi connectivity index (χ0n) is 15.2. The van der Waals surface area contributed by atoms with Gasteiger partial charge in [-0.15, -0.1) is 0 Å². The molecule has 0 aromatic heterocycles. The number of carbonyl (C=O) groups excluding carboxylic acids is 2. The van der Waals surface area contributed by atoms with Gasteiger partial charge in [-0.2, -0.15) is 0 Å². The second-order valence-corrected chi connectivity index (χ2v) is 8.26. The lowest BCUT2D eigenvalue weighted by molar-refractivity contribution is -0.117. The van der Waals surface area contributed by atoms with E-state index in [1.54, 1.807) is 30.3 Å². The molecule has 0 atom stereocenters. The number of anilines is 1. The first-order chi connectivity index (χ1) is 12.7. The number of amides is 2. The minimum atomic E-state index is -3.78. The Morgan fingerprint density at radius 1 is 1.07 bits per heavy atom. The summed E-state index contributed by atoms with van der Waals surface area (Å²) in [6.07, 6.45) is 0.871. The molecule has 144 valence electrons. The molecule has 0 heterocycles. The van der Waals surface area contributed by atoms with E-state index in [0.717, 1.165) is 12.0 Å². The molecule has 4 N–H and O–H groups in total. The smallest absolute Gasteiger partial charge is 0.261 e. The summed E-state index contributed by atoms with van der Waals surface area (Å²) < 4.78 is 27.6. The largest absolute Gasteiger partial charge is 0.368 e.